The van der Waals surface area contributed by atoms with Gasteiger partial charge < -0.3 is 10.2 Å². The van der Waals surface area contributed by atoms with Gasteiger partial charge in [0.15, 0.2) is 0 Å². The summed E-state index contributed by atoms with van der Waals surface area (Å²) in [5.74, 6) is -0.551. The Balaban J connectivity index is 1.45. The third-order valence-electron chi connectivity index (χ3n) is 5.00. The Bertz CT molecular complexity index is 1120. The van der Waals surface area contributed by atoms with Crippen LogP contribution in [0.5, 0.6) is 0 Å². The molecular formula is C18H19F6N7O3. The Morgan fingerprint density at radius 3 is 2.18 bits per heavy atom. The summed E-state index contributed by atoms with van der Waals surface area (Å²) in [7, 11) is 0. The predicted octanol–water partition coefficient (Wildman–Crippen LogP) is 0.303. The molecule has 3 rings (SSSR count). The Morgan fingerprint density at radius 1 is 1.00 bits per heavy atom. The topological polar surface area (TPSA) is 116 Å². The molecule has 0 bridgehead atoms. The molecule has 0 saturated carbocycles. The van der Waals surface area contributed by atoms with Gasteiger partial charge in [0.1, 0.15) is 12.1 Å². The number of hydrogen-bond donors (Lipinski definition) is 2. The summed E-state index contributed by atoms with van der Waals surface area (Å²) in [6.07, 6.45) is -7.77. The van der Waals surface area contributed by atoms with Crippen LogP contribution in [0.25, 0.3) is 0 Å². The Kier molecular flexibility index (Phi) is 7.28. The van der Waals surface area contributed by atoms with Crippen LogP contribution in [-0.2, 0) is 23.7 Å². The molecule has 0 spiro atoms. The molecule has 0 aromatic carbocycles. The summed E-state index contributed by atoms with van der Waals surface area (Å²) in [5, 5.41) is 2.48. The fourth-order valence-electron chi connectivity index (χ4n) is 3.20. The molecule has 0 aliphatic carbocycles. The van der Waals surface area contributed by atoms with E-state index in [-0.39, 0.29) is 12.5 Å². The van der Waals surface area contributed by atoms with Gasteiger partial charge in [-0.2, -0.15) is 26.3 Å². The molecule has 16 heteroatoms. The van der Waals surface area contributed by atoms with Crippen LogP contribution in [0.15, 0.2) is 28.2 Å². The van der Waals surface area contributed by atoms with Crippen molar-refractivity contribution in [2.75, 3.05) is 44.2 Å². The maximum Gasteiger partial charge on any atom is 0.423 e. The molecule has 2 aromatic rings. The van der Waals surface area contributed by atoms with Crippen molar-refractivity contribution >= 4 is 11.9 Å². The zero-order chi connectivity index (χ0) is 25.1. The minimum Gasteiger partial charge on any atom is -0.353 e. The number of H-pyrrole nitrogens is 1. The Labute approximate surface area is 187 Å². The van der Waals surface area contributed by atoms with Gasteiger partial charge in [0.2, 0.25) is 11.9 Å². The van der Waals surface area contributed by atoms with Crippen molar-refractivity contribution in [2.24, 2.45) is 0 Å². The van der Waals surface area contributed by atoms with Gasteiger partial charge in [-0.3, -0.25) is 24.0 Å². The lowest BCUT2D eigenvalue weighted by molar-refractivity contribution is -0.139. The maximum absolute atomic E-state index is 12.8. The highest BCUT2D eigenvalue weighted by Gasteiger charge is 2.35. The van der Waals surface area contributed by atoms with E-state index < -0.39 is 47.2 Å². The van der Waals surface area contributed by atoms with Gasteiger partial charge in [0.25, 0.3) is 5.56 Å². The van der Waals surface area contributed by atoms with E-state index >= 15 is 0 Å². The second-order valence-corrected chi connectivity index (χ2v) is 7.38. The molecule has 10 nitrogen and oxygen atoms in total. The van der Waals surface area contributed by atoms with Crippen LogP contribution in [0, 0.1) is 0 Å². The first-order valence-electron chi connectivity index (χ1n) is 9.89. The van der Waals surface area contributed by atoms with Crippen LogP contribution in [0.3, 0.4) is 0 Å². The number of amides is 1. The van der Waals surface area contributed by atoms with E-state index in [4.69, 9.17) is 0 Å². The lowest BCUT2D eigenvalue weighted by Crippen LogP contribution is -2.49. The van der Waals surface area contributed by atoms with Crippen LogP contribution in [0.4, 0.5) is 32.3 Å². The first-order valence-corrected chi connectivity index (χ1v) is 9.89. The summed E-state index contributed by atoms with van der Waals surface area (Å²) in [6, 6.07) is 0. The van der Waals surface area contributed by atoms with Crippen LogP contribution in [0.1, 0.15) is 11.1 Å². The highest BCUT2D eigenvalue weighted by molar-refractivity contribution is 5.75. The minimum absolute atomic E-state index is 0.139. The summed E-state index contributed by atoms with van der Waals surface area (Å²) in [4.78, 5) is 47.7. The molecule has 3 heterocycles. The normalized spacial score (nSPS) is 15.4. The second-order valence-electron chi connectivity index (χ2n) is 7.38. The fourth-order valence-corrected chi connectivity index (χ4v) is 3.20. The number of rotatable bonds is 6. The third kappa shape index (κ3) is 6.33. The number of aromatic amines is 1. The molecule has 2 N–H and O–H groups in total. The lowest BCUT2D eigenvalue weighted by Gasteiger charge is -2.34. The van der Waals surface area contributed by atoms with Gasteiger partial charge in [-0.1, -0.05) is 0 Å². The average Bonchev–Trinajstić information content (AvgIpc) is 2.75. The average molecular weight is 495 g/mol. The molecule has 0 atom stereocenters. The molecule has 1 aliphatic heterocycles. The van der Waals surface area contributed by atoms with Crippen molar-refractivity contribution < 1.29 is 31.1 Å². The number of carbonyl (C=O) groups excluding carboxylic acids is 1. The van der Waals surface area contributed by atoms with Gasteiger partial charge in [0, 0.05) is 57.9 Å². The molecule has 1 saturated heterocycles. The first-order chi connectivity index (χ1) is 15.8. The van der Waals surface area contributed by atoms with E-state index in [2.05, 4.69) is 15.3 Å². The largest absolute Gasteiger partial charge is 0.423 e. The Morgan fingerprint density at radius 2 is 1.62 bits per heavy atom. The van der Waals surface area contributed by atoms with Crippen molar-refractivity contribution in [2.45, 2.75) is 18.9 Å². The first kappa shape index (κ1) is 25.2. The van der Waals surface area contributed by atoms with Crippen molar-refractivity contribution in [3.05, 3.63) is 50.6 Å². The van der Waals surface area contributed by atoms with E-state index in [1.807, 2.05) is 4.90 Å². The monoisotopic (exact) mass is 495 g/mol. The molecule has 0 unspecified atom stereocenters. The number of alkyl halides is 6. The van der Waals surface area contributed by atoms with Crippen molar-refractivity contribution in [3.63, 3.8) is 0 Å². The van der Waals surface area contributed by atoms with Crippen molar-refractivity contribution in [1.82, 2.24) is 29.7 Å². The van der Waals surface area contributed by atoms with Crippen molar-refractivity contribution in [3.8, 4) is 0 Å². The van der Waals surface area contributed by atoms with Gasteiger partial charge in [-0.05, 0) is 0 Å². The summed E-state index contributed by atoms with van der Waals surface area (Å²) < 4.78 is 76.7. The number of carbonyl (C=O) groups is 1. The number of aromatic nitrogens is 4. The standard InChI is InChI=1S/C18H19F6N7O3/c19-17(20,21)11-7-26-15(27-8-11)30-5-3-29(4-6-30)2-1-25-13(32)10-31-9-12(18(22,23)24)14(33)28-16(31)34/h7-9H,1-6,10H2,(H,25,32)(H,28,33,34). The number of halogens is 6. The van der Waals surface area contributed by atoms with Crippen LogP contribution in [-0.4, -0.2) is 69.6 Å². The zero-order valence-corrected chi connectivity index (χ0v) is 17.4. The molecule has 34 heavy (non-hydrogen) atoms. The van der Waals surface area contributed by atoms with Gasteiger partial charge in [0.05, 0.1) is 5.56 Å². The third-order valence-corrected chi connectivity index (χ3v) is 5.00. The highest BCUT2D eigenvalue weighted by Crippen LogP contribution is 2.28. The number of nitrogens with one attached hydrogen (secondary N) is 2. The zero-order valence-electron chi connectivity index (χ0n) is 17.4. The molecule has 1 aliphatic rings. The fraction of sp³-hybridized carbons (Fsp3) is 0.500. The molecule has 2 aromatic heterocycles. The smallest absolute Gasteiger partial charge is 0.353 e. The van der Waals surface area contributed by atoms with Gasteiger partial charge in [-0.25, -0.2) is 14.8 Å². The molecule has 0 radical (unpaired) electrons. The summed E-state index contributed by atoms with van der Waals surface area (Å²) >= 11 is 0. The van der Waals surface area contributed by atoms with Gasteiger partial charge >= 0.3 is 18.0 Å². The Hall–Kier alpha value is -3.43. The minimum atomic E-state index is -4.98. The quantitative estimate of drug-likeness (QED) is 0.554. The van der Waals surface area contributed by atoms with Crippen LogP contribution in [0.2, 0.25) is 0 Å². The number of hydrogen-bond acceptors (Lipinski definition) is 7. The molecular weight excluding hydrogens is 476 g/mol. The molecule has 1 fully saturated rings. The van der Waals surface area contributed by atoms with E-state index in [9.17, 15) is 40.7 Å². The number of nitrogens with zero attached hydrogens (tertiary/aromatic N) is 5. The second kappa shape index (κ2) is 9.82. The number of anilines is 1. The predicted molar refractivity (Wildman–Crippen MR) is 105 cm³/mol. The van der Waals surface area contributed by atoms with E-state index in [1.54, 1.807) is 4.90 Å². The summed E-state index contributed by atoms with van der Waals surface area (Å²) in [6.45, 7) is 1.71. The van der Waals surface area contributed by atoms with E-state index in [1.165, 1.54) is 4.98 Å². The lowest BCUT2D eigenvalue weighted by atomic mass is 10.3. The van der Waals surface area contributed by atoms with Crippen LogP contribution < -0.4 is 21.5 Å². The molecule has 1 amide bonds. The number of piperazine rings is 1. The maximum atomic E-state index is 12.8. The summed E-state index contributed by atoms with van der Waals surface area (Å²) in [5.41, 5.74) is -5.26. The SMILES string of the molecule is O=C(Cn1cc(C(F)(F)F)c(=O)[nH]c1=O)NCCN1CCN(c2ncc(C(F)(F)F)cn2)CC1. The van der Waals surface area contributed by atoms with E-state index in [0.29, 0.717) is 43.5 Å². The molecule has 186 valence electrons. The van der Waals surface area contributed by atoms with Gasteiger partial charge in [-0.15, -0.1) is 0 Å². The van der Waals surface area contributed by atoms with Crippen molar-refractivity contribution in [1.29, 1.82) is 0 Å². The van der Waals surface area contributed by atoms with E-state index in [0.717, 1.165) is 12.4 Å². The highest BCUT2D eigenvalue weighted by atomic mass is 19.4. The van der Waals surface area contributed by atoms with Crippen LogP contribution >= 0.6 is 0 Å².